The molecule has 1 saturated heterocycles. The quantitative estimate of drug-likeness (QED) is 0.718. The van der Waals surface area contributed by atoms with Crippen LogP contribution >= 0.6 is 0 Å². The van der Waals surface area contributed by atoms with E-state index in [4.69, 9.17) is 4.74 Å². The van der Waals surface area contributed by atoms with E-state index in [0.29, 0.717) is 19.7 Å². The first-order valence-electron chi connectivity index (χ1n) is 5.33. The number of nitrogens with zero attached hydrogens (tertiary/aromatic N) is 2. The van der Waals surface area contributed by atoms with Crippen LogP contribution in [0.2, 0.25) is 0 Å². The van der Waals surface area contributed by atoms with Crippen LogP contribution in [0.3, 0.4) is 0 Å². The lowest BCUT2D eigenvalue weighted by atomic mass is 10.1. The molecule has 0 aromatic heterocycles. The largest absolute Gasteiger partial charge is 0.446 e. The van der Waals surface area contributed by atoms with E-state index >= 15 is 0 Å². The molecule has 4 heteroatoms. The van der Waals surface area contributed by atoms with Crippen LogP contribution in [0.1, 0.15) is 5.56 Å². The van der Waals surface area contributed by atoms with Gasteiger partial charge in [0.2, 0.25) is 0 Å². The van der Waals surface area contributed by atoms with E-state index in [-0.39, 0.29) is 6.09 Å². The number of hydrogen-bond acceptors (Lipinski definition) is 3. The maximum absolute atomic E-state index is 11.5. The fraction of sp³-hybridized carbons (Fsp3) is 0.250. The minimum Gasteiger partial charge on any atom is -0.446 e. The molecule has 0 atom stereocenters. The summed E-state index contributed by atoms with van der Waals surface area (Å²) in [7, 11) is 0. The van der Waals surface area contributed by atoms with Crippen LogP contribution in [0.25, 0.3) is 6.08 Å². The maximum Gasteiger partial charge on any atom is 0.428 e. The van der Waals surface area contributed by atoms with Gasteiger partial charge in [0.05, 0.1) is 18.8 Å². The van der Waals surface area contributed by atoms with Gasteiger partial charge in [-0.05, 0) is 11.6 Å². The highest BCUT2D eigenvalue weighted by molar-refractivity contribution is 5.77. The molecule has 0 bridgehead atoms. The van der Waals surface area contributed by atoms with E-state index in [9.17, 15) is 4.79 Å². The van der Waals surface area contributed by atoms with Crippen molar-refractivity contribution >= 4 is 17.9 Å². The third-order valence-electron chi connectivity index (χ3n) is 2.82. The van der Waals surface area contributed by atoms with Crippen molar-refractivity contribution in [2.75, 3.05) is 24.7 Å². The van der Waals surface area contributed by atoms with E-state index in [1.54, 1.807) is 5.01 Å². The number of para-hydroxylation sites is 1. The smallest absolute Gasteiger partial charge is 0.428 e. The summed E-state index contributed by atoms with van der Waals surface area (Å²) in [5.41, 5.74) is 2.19. The summed E-state index contributed by atoms with van der Waals surface area (Å²) in [6.07, 6.45) is 3.87. The Hall–Kier alpha value is -1.97. The first-order chi connectivity index (χ1) is 7.86. The van der Waals surface area contributed by atoms with Gasteiger partial charge in [-0.1, -0.05) is 30.4 Å². The molecule has 1 aromatic rings. The zero-order valence-electron chi connectivity index (χ0n) is 8.80. The molecule has 0 radical (unpaired) electrons. The molecular weight excluding hydrogens is 204 g/mol. The second kappa shape index (κ2) is 3.56. The highest BCUT2D eigenvalue weighted by atomic mass is 16.6. The highest BCUT2D eigenvalue weighted by Crippen LogP contribution is 2.27. The van der Waals surface area contributed by atoms with Gasteiger partial charge >= 0.3 is 6.09 Å². The van der Waals surface area contributed by atoms with Gasteiger partial charge in [0.1, 0.15) is 6.61 Å². The molecule has 16 heavy (non-hydrogen) atoms. The van der Waals surface area contributed by atoms with Gasteiger partial charge in [-0.15, -0.1) is 0 Å². The Balaban J connectivity index is 1.98. The number of cyclic esters (lactones) is 1. The van der Waals surface area contributed by atoms with Crippen molar-refractivity contribution in [1.29, 1.82) is 0 Å². The van der Waals surface area contributed by atoms with Crippen molar-refractivity contribution in [2.24, 2.45) is 0 Å². The van der Waals surface area contributed by atoms with E-state index in [0.717, 1.165) is 11.3 Å². The Morgan fingerprint density at radius 3 is 2.88 bits per heavy atom. The van der Waals surface area contributed by atoms with Gasteiger partial charge in [-0.25, -0.2) is 9.80 Å². The number of anilines is 1. The van der Waals surface area contributed by atoms with Gasteiger partial charge in [-0.3, -0.25) is 5.01 Å². The summed E-state index contributed by atoms with van der Waals surface area (Å²) in [6, 6.07) is 8.03. The van der Waals surface area contributed by atoms with Crippen LogP contribution in [-0.4, -0.2) is 30.8 Å². The van der Waals surface area contributed by atoms with Gasteiger partial charge in [0, 0.05) is 0 Å². The van der Waals surface area contributed by atoms with Crippen LogP contribution in [0.5, 0.6) is 0 Å². The normalized spacial score (nSPS) is 18.6. The molecule has 82 valence electrons. The van der Waals surface area contributed by atoms with Crippen LogP contribution < -0.4 is 5.01 Å². The lowest BCUT2D eigenvalue weighted by Crippen LogP contribution is -2.44. The Morgan fingerprint density at radius 2 is 2.06 bits per heavy atom. The highest BCUT2D eigenvalue weighted by Gasteiger charge is 2.29. The Kier molecular flexibility index (Phi) is 2.06. The molecular formula is C12H12N2O2. The minimum absolute atomic E-state index is 0.259. The van der Waals surface area contributed by atoms with Gasteiger partial charge in [-0.2, -0.15) is 0 Å². The fourth-order valence-electron chi connectivity index (χ4n) is 2.07. The molecule has 3 rings (SSSR count). The molecule has 2 aliphatic heterocycles. The molecule has 1 amide bonds. The first kappa shape index (κ1) is 9.27. The topological polar surface area (TPSA) is 32.8 Å². The van der Waals surface area contributed by atoms with Crippen LogP contribution in [0.4, 0.5) is 10.5 Å². The molecule has 0 saturated carbocycles. The van der Waals surface area contributed by atoms with Gasteiger partial charge in [0.15, 0.2) is 0 Å². The minimum atomic E-state index is -0.259. The average molecular weight is 216 g/mol. The fourth-order valence-corrected chi connectivity index (χ4v) is 2.07. The van der Waals surface area contributed by atoms with Gasteiger partial charge in [0.25, 0.3) is 0 Å². The lowest BCUT2D eigenvalue weighted by molar-refractivity contribution is 0.156. The first-order valence-corrected chi connectivity index (χ1v) is 5.33. The van der Waals surface area contributed by atoms with Crippen LogP contribution in [0, 0.1) is 0 Å². The Bertz CT molecular complexity index is 456. The van der Waals surface area contributed by atoms with Crippen molar-refractivity contribution in [1.82, 2.24) is 5.01 Å². The number of carbonyl (C=O) groups is 1. The monoisotopic (exact) mass is 216 g/mol. The number of hydrogen-bond donors (Lipinski definition) is 0. The summed E-state index contributed by atoms with van der Waals surface area (Å²) < 4.78 is 4.95. The Morgan fingerprint density at radius 1 is 1.19 bits per heavy atom. The number of benzene rings is 1. The summed E-state index contributed by atoms with van der Waals surface area (Å²) in [5.74, 6) is 0. The molecule has 1 aromatic carbocycles. The third kappa shape index (κ3) is 1.34. The van der Waals surface area contributed by atoms with Crippen molar-refractivity contribution in [2.45, 2.75) is 0 Å². The summed E-state index contributed by atoms with van der Waals surface area (Å²) in [4.78, 5) is 11.5. The molecule has 2 aliphatic rings. The molecule has 0 aliphatic carbocycles. The number of hydrazine groups is 1. The number of amides is 1. The van der Waals surface area contributed by atoms with Crippen molar-refractivity contribution in [3.63, 3.8) is 0 Å². The summed E-state index contributed by atoms with van der Waals surface area (Å²) >= 11 is 0. The van der Waals surface area contributed by atoms with Crippen molar-refractivity contribution in [3.05, 3.63) is 35.9 Å². The molecule has 0 spiro atoms. The predicted molar refractivity (Wildman–Crippen MR) is 60.9 cm³/mol. The number of ether oxygens (including phenoxy) is 1. The van der Waals surface area contributed by atoms with Crippen LogP contribution in [0.15, 0.2) is 30.3 Å². The maximum atomic E-state index is 11.5. The molecule has 0 N–H and O–H groups in total. The average Bonchev–Trinajstić information content (AvgIpc) is 2.75. The summed E-state index contributed by atoms with van der Waals surface area (Å²) in [6.45, 7) is 1.81. The van der Waals surface area contributed by atoms with Crippen molar-refractivity contribution in [3.8, 4) is 0 Å². The van der Waals surface area contributed by atoms with Crippen molar-refractivity contribution < 1.29 is 9.53 Å². The van der Waals surface area contributed by atoms with E-state index in [1.807, 2.05) is 35.4 Å². The number of carbonyl (C=O) groups excluding carboxylic acids is 1. The Labute approximate surface area is 93.7 Å². The zero-order chi connectivity index (χ0) is 11.0. The zero-order valence-corrected chi connectivity index (χ0v) is 8.80. The predicted octanol–water partition coefficient (Wildman–Crippen LogP) is 1.89. The molecule has 2 heterocycles. The standard InChI is InChI=1S/C12H12N2O2/c15-12-14(8-9-16-12)13-7-3-5-10-4-1-2-6-11(10)13/h1-6H,7-9H2. The molecule has 0 unspecified atom stereocenters. The molecule has 4 nitrogen and oxygen atoms in total. The summed E-state index contributed by atoms with van der Waals surface area (Å²) in [5, 5.41) is 3.62. The lowest BCUT2D eigenvalue weighted by Gasteiger charge is -2.33. The van der Waals surface area contributed by atoms with E-state index in [2.05, 4.69) is 6.08 Å². The number of fused-ring (bicyclic) bond motifs is 1. The molecule has 1 fully saturated rings. The van der Waals surface area contributed by atoms with E-state index < -0.39 is 0 Å². The number of rotatable bonds is 1. The van der Waals surface area contributed by atoms with E-state index in [1.165, 1.54) is 0 Å². The van der Waals surface area contributed by atoms with Gasteiger partial charge < -0.3 is 4.74 Å². The second-order valence-electron chi connectivity index (χ2n) is 3.78. The van der Waals surface area contributed by atoms with Crippen LogP contribution in [-0.2, 0) is 4.74 Å². The third-order valence-corrected chi connectivity index (χ3v) is 2.82. The second-order valence-corrected chi connectivity index (χ2v) is 3.78. The SMILES string of the molecule is O=C1OCCN1N1CC=Cc2ccccc21.